The van der Waals surface area contributed by atoms with Crippen molar-refractivity contribution in [2.45, 2.75) is 18.4 Å². The number of sulfonamides is 1. The van der Waals surface area contributed by atoms with Crippen LogP contribution in [0.15, 0.2) is 29.2 Å². The van der Waals surface area contributed by atoms with Gasteiger partial charge in [0, 0.05) is 16.3 Å². The van der Waals surface area contributed by atoms with E-state index in [9.17, 15) is 12.8 Å². The summed E-state index contributed by atoms with van der Waals surface area (Å²) in [5.41, 5.74) is 5.11. The molecule has 1 heterocycles. The number of benzene rings is 1. The van der Waals surface area contributed by atoms with Crippen molar-refractivity contribution in [3.05, 3.63) is 44.9 Å². The van der Waals surface area contributed by atoms with E-state index in [0.29, 0.717) is 0 Å². The summed E-state index contributed by atoms with van der Waals surface area (Å²) in [6.45, 7) is 2.08. The molecule has 0 radical (unpaired) electrons. The number of thiophene rings is 1. The summed E-state index contributed by atoms with van der Waals surface area (Å²) < 4.78 is 39.8. The van der Waals surface area contributed by atoms with Crippen LogP contribution in [0.3, 0.4) is 0 Å². The van der Waals surface area contributed by atoms with Gasteiger partial charge in [-0.15, -0.1) is 11.3 Å². The molecule has 3 N–H and O–H groups in total. The normalized spacial score (nSPS) is 11.8. The van der Waals surface area contributed by atoms with Gasteiger partial charge in [0.1, 0.15) is 10.7 Å². The van der Waals surface area contributed by atoms with Crippen molar-refractivity contribution in [2.75, 3.05) is 5.73 Å². The Balaban J connectivity index is 2.24. The van der Waals surface area contributed by atoms with Gasteiger partial charge in [0.25, 0.3) is 0 Å². The van der Waals surface area contributed by atoms with Gasteiger partial charge in [0.2, 0.25) is 10.0 Å². The minimum absolute atomic E-state index is 0.147. The molecule has 0 spiro atoms. The molecule has 1 aromatic heterocycles. The van der Waals surface area contributed by atoms with Crippen LogP contribution in [0.2, 0.25) is 5.02 Å². The summed E-state index contributed by atoms with van der Waals surface area (Å²) >= 11 is 7.25. The van der Waals surface area contributed by atoms with Gasteiger partial charge in [-0.25, -0.2) is 17.5 Å². The third kappa shape index (κ3) is 3.29. The minimum atomic E-state index is -3.84. The first-order valence-electron chi connectivity index (χ1n) is 5.59. The number of rotatable bonds is 4. The maximum atomic E-state index is 13.2. The lowest BCUT2D eigenvalue weighted by molar-refractivity contribution is 0.581. The molecule has 108 valence electrons. The smallest absolute Gasteiger partial charge is 0.242 e. The first-order valence-corrected chi connectivity index (χ1v) is 8.27. The van der Waals surface area contributed by atoms with E-state index in [-0.39, 0.29) is 22.2 Å². The molecule has 8 heteroatoms. The summed E-state index contributed by atoms with van der Waals surface area (Å²) in [5, 5.41) is -0.202. The highest BCUT2D eigenvalue weighted by Crippen LogP contribution is 2.26. The molecule has 0 aliphatic carbocycles. The van der Waals surface area contributed by atoms with Crippen LogP contribution in [0.4, 0.5) is 10.1 Å². The molecule has 20 heavy (non-hydrogen) atoms. The number of nitrogens with two attached hydrogens (primary N) is 1. The number of anilines is 1. The van der Waals surface area contributed by atoms with Crippen LogP contribution < -0.4 is 10.5 Å². The van der Waals surface area contributed by atoms with Gasteiger partial charge >= 0.3 is 0 Å². The molecular weight excluding hydrogens is 323 g/mol. The lowest BCUT2D eigenvalue weighted by Gasteiger charge is -2.09. The zero-order chi connectivity index (χ0) is 14.9. The van der Waals surface area contributed by atoms with E-state index in [0.717, 1.165) is 21.9 Å². The Kier molecular flexibility index (Phi) is 4.33. The number of halogens is 2. The fourth-order valence-corrected chi connectivity index (χ4v) is 4.05. The fraction of sp³-hybridized carbons (Fsp3) is 0.167. The summed E-state index contributed by atoms with van der Waals surface area (Å²) in [6.07, 6.45) is 0. The van der Waals surface area contributed by atoms with Gasteiger partial charge in [-0.2, -0.15) is 0 Å². The third-order valence-electron chi connectivity index (χ3n) is 2.57. The van der Waals surface area contributed by atoms with Crippen LogP contribution in [0.25, 0.3) is 0 Å². The van der Waals surface area contributed by atoms with Gasteiger partial charge in [-0.1, -0.05) is 11.6 Å². The number of hydrogen-bond acceptors (Lipinski definition) is 4. The molecule has 0 amide bonds. The first kappa shape index (κ1) is 15.2. The number of nitrogen functional groups attached to an aromatic ring is 1. The molecule has 0 saturated heterocycles. The van der Waals surface area contributed by atoms with E-state index in [1.807, 2.05) is 19.1 Å². The third-order valence-corrected chi connectivity index (χ3v) is 5.44. The number of hydrogen-bond donors (Lipinski definition) is 2. The second-order valence-electron chi connectivity index (χ2n) is 4.14. The lowest BCUT2D eigenvalue weighted by atomic mass is 10.3. The Hall–Kier alpha value is -1.15. The van der Waals surface area contributed by atoms with Gasteiger partial charge in [0.15, 0.2) is 0 Å². The zero-order valence-electron chi connectivity index (χ0n) is 10.5. The molecule has 1 aromatic carbocycles. The largest absolute Gasteiger partial charge is 0.396 e. The van der Waals surface area contributed by atoms with Gasteiger partial charge in [0.05, 0.1) is 10.7 Å². The van der Waals surface area contributed by atoms with Gasteiger partial charge in [-0.3, -0.25) is 0 Å². The molecule has 2 aromatic rings. The van der Waals surface area contributed by atoms with Crippen LogP contribution in [0.5, 0.6) is 0 Å². The summed E-state index contributed by atoms with van der Waals surface area (Å²) in [4.78, 5) is 1.73. The van der Waals surface area contributed by atoms with E-state index < -0.39 is 15.8 Å². The van der Waals surface area contributed by atoms with Crippen LogP contribution in [-0.2, 0) is 16.6 Å². The molecule has 0 aliphatic heterocycles. The highest BCUT2D eigenvalue weighted by molar-refractivity contribution is 7.89. The average Bonchev–Trinajstić information content (AvgIpc) is 2.77. The summed E-state index contributed by atoms with van der Waals surface area (Å²) in [7, 11) is -3.84. The summed E-state index contributed by atoms with van der Waals surface area (Å²) in [5.74, 6) is -0.747. The Morgan fingerprint density at radius 3 is 2.70 bits per heavy atom. The van der Waals surface area contributed by atoms with Gasteiger partial charge < -0.3 is 5.73 Å². The van der Waals surface area contributed by atoms with Crippen molar-refractivity contribution < 1.29 is 12.8 Å². The summed E-state index contributed by atoms with van der Waals surface area (Å²) in [6, 6.07) is 5.64. The van der Waals surface area contributed by atoms with Crippen molar-refractivity contribution in [1.29, 1.82) is 0 Å². The second-order valence-corrected chi connectivity index (χ2v) is 7.66. The average molecular weight is 335 g/mol. The molecule has 0 bridgehead atoms. The molecule has 0 fully saturated rings. The topological polar surface area (TPSA) is 72.2 Å². The predicted octanol–water partition coefficient (Wildman–Crippen LogP) is 2.91. The number of nitrogens with one attached hydrogen (secondary N) is 1. The van der Waals surface area contributed by atoms with E-state index >= 15 is 0 Å². The van der Waals surface area contributed by atoms with E-state index in [1.165, 1.54) is 11.3 Å². The van der Waals surface area contributed by atoms with Crippen molar-refractivity contribution >= 4 is 38.6 Å². The SMILES string of the molecule is Cc1ccc(CNS(=O)(=O)c2cc(N)c(F)cc2Cl)s1. The zero-order valence-corrected chi connectivity index (χ0v) is 12.9. The van der Waals surface area contributed by atoms with Crippen molar-refractivity contribution in [3.63, 3.8) is 0 Å². The highest BCUT2D eigenvalue weighted by atomic mass is 35.5. The Morgan fingerprint density at radius 2 is 2.10 bits per heavy atom. The first-order chi connectivity index (χ1) is 9.29. The molecule has 0 unspecified atom stereocenters. The van der Waals surface area contributed by atoms with Crippen molar-refractivity contribution in [2.24, 2.45) is 0 Å². The van der Waals surface area contributed by atoms with Crippen LogP contribution >= 0.6 is 22.9 Å². The quantitative estimate of drug-likeness (QED) is 0.844. The van der Waals surface area contributed by atoms with Crippen LogP contribution in [0, 0.1) is 12.7 Å². The minimum Gasteiger partial charge on any atom is -0.396 e. The van der Waals surface area contributed by atoms with Crippen molar-refractivity contribution in [1.82, 2.24) is 4.72 Å². The maximum absolute atomic E-state index is 13.2. The van der Waals surface area contributed by atoms with E-state index in [4.69, 9.17) is 17.3 Å². The molecular formula is C12H12ClFN2O2S2. The van der Waals surface area contributed by atoms with E-state index in [1.54, 1.807) is 0 Å². The van der Waals surface area contributed by atoms with Gasteiger partial charge in [-0.05, 0) is 31.2 Å². The fourth-order valence-electron chi connectivity index (χ4n) is 1.57. The molecule has 2 rings (SSSR count). The second kappa shape index (κ2) is 5.69. The Bertz CT molecular complexity index is 744. The molecule has 0 aliphatic rings. The predicted molar refractivity (Wildman–Crippen MR) is 78.9 cm³/mol. The van der Waals surface area contributed by atoms with Crippen LogP contribution in [-0.4, -0.2) is 8.42 Å². The lowest BCUT2D eigenvalue weighted by Crippen LogP contribution is -2.23. The van der Waals surface area contributed by atoms with Crippen molar-refractivity contribution in [3.8, 4) is 0 Å². The number of aryl methyl sites for hydroxylation is 1. The van der Waals surface area contributed by atoms with Crippen LogP contribution in [0.1, 0.15) is 9.75 Å². The monoisotopic (exact) mass is 334 g/mol. The highest BCUT2D eigenvalue weighted by Gasteiger charge is 2.20. The Labute approximate surface area is 125 Å². The standard InChI is InChI=1S/C12H12ClFN2O2S2/c1-7-2-3-8(19-7)6-16-20(17,18)12-5-11(15)10(14)4-9(12)13/h2-5,16H,6,15H2,1H3. The van der Waals surface area contributed by atoms with E-state index in [2.05, 4.69) is 4.72 Å². The molecule has 4 nitrogen and oxygen atoms in total. The maximum Gasteiger partial charge on any atom is 0.242 e. The molecule has 0 saturated carbocycles. The molecule has 0 atom stereocenters. The Morgan fingerprint density at radius 1 is 1.40 bits per heavy atom.